The van der Waals surface area contributed by atoms with E-state index in [2.05, 4.69) is 20.1 Å². The largest absolute Gasteiger partial charge is 0.465 e. The normalized spacial score (nSPS) is 20.9. The maximum atomic E-state index is 10.8. The Bertz CT molecular complexity index is 916. The van der Waals surface area contributed by atoms with Crippen LogP contribution in [0.3, 0.4) is 0 Å². The minimum atomic E-state index is -1.15. The first-order chi connectivity index (χ1) is 14.2. The van der Waals surface area contributed by atoms with Gasteiger partial charge in [0, 0.05) is 43.4 Å². The number of nitrogens with zero attached hydrogens (tertiary/aromatic N) is 5. The van der Waals surface area contributed by atoms with E-state index in [-0.39, 0.29) is 5.82 Å². The average molecular weight is 398 g/mol. The van der Waals surface area contributed by atoms with E-state index in [4.69, 9.17) is 24.5 Å². The molecule has 10 heteroatoms. The highest BCUT2D eigenvalue weighted by Gasteiger charge is 2.37. The van der Waals surface area contributed by atoms with Crippen molar-refractivity contribution in [2.24, 2.45) is 0 Å². The van der Waals surface area contributed by atoms with Crippen LogP contribution in [0.4, 0.5) is 22.2 Å². The monoisotopic (exact) mass is 398 g/mol. The van der Waals surface area contributed by atoms with Gasteiger partial charge in [0.15, 0.2) is 5.82 Å². The second-order valence-electron chi connectivity index (χ2n) is 7.26. The van der Waals surface area contributed by atoms with Gasteiger partial charge in [0.25, 0.3) is 0 Å². The summed E-state index contributed by atoms with van der Waals surface area (Å²) < 4.78 is 11.2. The molecule has 152 valence electrons. The predicted molar refractivity (Wildman–Crippen MR) is 106 cm³/mol. The molecular weight excluding hydrogens is 376 g/mol. The Labute approximate surface area is 167 Å². The molecule has 2 saturated heterocycles. The van der Waals surface area contributed by atoms with Gasteiger partial charge in [-0.3, -0.25) is 5.32 Å². The molecule has 2 N–H and O–H groups in total. The molecule has 0 radical (unpaired) electrons. The Kier molecular flexibility index (Phi) is 4.64. The molecular formula is C19H22N6O4. The zero-order valence-corrected chi connectivity index (χ0v) is 15.9. The lowest BCUT2D eigenvalue weighted by Crippen LogP contribution is -2.43. The van der Waals surface area contributed by atoms with Crippen LogP contribution in [0.5, 0.6) is 0 Å². The fourth-order valence-electron chi connectivity index (χ4n) is 4.09. The molecule has 2 aromatic rings. The Morgan fingerprint density at radius 3 is 2.66 bits per heavy atom. The molecule has 0 bridgehead atoms. The average Bonchev–Trinajstić information content (AvgIpc) is 3.12. The van der Waals surface area contributed by atoms with Crippen molar-refractivity contribution in [1.29, 1.82) is 0 Å². The molecule has 5 heterocycles. The van der Waals surface area contributed by atoms with Gasteiger partial charge in [-0.2, -0.15) is 0 Å². The molecule has 0 saturated carbocycles. The maximum absolute atomic E-state index is 10.8. The van der Waals surface area contributed by atoms with Gasteiger partial charge in [-0.15, -0.1) is 0 Å². The zero-order chi connectivity index (χ0) is 19.8. The molecule has 3 aliphatic heterocycles. The molecule has 1 atom stereocenters. The van der Waals surface area contributed by atoms with Crippen LogP contribution in [-0.2, 0) is 15.9 Å². The van der Waals surface area contributed by atoms with Crippen LogP contribution < -0.4 is 15.1 Å². The van der Waals surface area contributed by atoms with Crippen molar-refractivity contribution in [1.82, 2.24) is 15.0 Å². The Balaban J connectivity index is 1.55. The first-order valence-corrected chi connectivity index (χ1v) is 9.73. The van der Waals surface area contributed by atoms with E-state index in [1.165, 1.54) is 5.56 Å². The Morgan fingerprint density at radius 1 is 1.10 bits per heavy atom. The number of rotatable bonds is 3. The molecule has 0 aromatic carbocycles. The molecule has 1 amide bonds. The lowest BCUT2D eigenvalue weighted by Gasteiger charge is -2.31. The third kappa shape index (κ3) is 3.45. The van der Waals surface area contributed by atoms with Crippen molar-refractivity contribution in [3.05, 3.63) is 23.9 Å². The van der Waals surface area contributed by atoms with Crippen LogP contribution in [0.1, 0.15) is 5.56 Å². The van der Waals surface area contributed by atoms with Crippen LogP contribution >= 0.6 is 0 Å². The number of amides is 1. The zero-order valence-electron chi connectivity index (χ0n) is 15.9. The van der Waals surface area contributed by atoms with Crippen molar-refractivity contribution in [3.8, 4) is 11.4 Å². The molecule has 3 aliphatic rings. The number of morpholine rings is 2. The smallest absolute Gasteiger partial charge is 0.410 e. The number of pyridine rings is 1. The van der Waals surface area contributed by atoms with Gasteiger partial charge in [-0.05, 0) is 12.1 Å². The maximum Gasteiger partial charge on any atom is 0.410 e. The van der Waals surface area contributed by atoms with E-state index < -0.39 is 6.09 Å². The Hall–Kier alpha value is -2.98. The van der Waals surface area contributed by atoms with Gasteiger partial charge in [-0.25, -0.2) is 19.7 Å². The summed E-state index contributed by atoms with van der Waals surface area (Å²) in [4.78, 5) is 29.3. The minimum absolute atomic E-state index is 0.268. The number of nitrogens with one attached hydrogen (secondary N) is 1. The molecule has 0 aliphatic carbocycles. The molecule has 10 nitrogen and oxygen atoms in total. The third-order valence-electron chi connectivity index (χ3n) is 5.47. The van der Waals surface area contributed by atoms with Gasteiger partial charge in [0.05, 0.1) is 32.5 Å². The van der Waals surface area contributed by atoms with E-state index in [1.54, 1.807) is 18.3 Å². The van der Waals surface area contributed by atoms with Crippen molar-refractivity contribution in [2.45, 2.75) is 12.5 Å². The highest BCUT2D eigenvalue weighted by molar-refractivity contribution is 5.81. The summed E-state index contributed by atoms with van der Waals surface area (Å²) in [6.07, 6.45) is 1.33. The van der Waals surface area contributed by atoms with Gasteiger partial charge >= 0.3 is 6.09 Å². The highest BCUT2D eigenvalue weighted by atomic mass is 16.5. The summed E-state index contributed by atoms with van der Waals surface area (Å²) >= 11 is 0. The van der Waals surface area contributed by atoms with E-state index in [0.717, 1.165) is 43.3 Å². The predicted octanol–water partition coefficient (Wildman–Crippen LogP) is 1.23. The second kappa shape index (κ2) is 7.45. The van der Waals surface area contributed by atoms with Gasteiger partial charge in [0.1, 0.15) is 17.5 Å². The van der Waals surface area contributed by atoms with Crippen LogP contribution in [0, 0.1) is 0 Å². The van der Waals surface area contributed by atoms with Gasteiger partial charge < -0.3 is 24.4 Å². The third-order valence-corrected chi connectivity index (χ3v) is 5.47. The molecule has 5 rings (SSSR count). The van der Waals surface area contributed by atoms with Gasteiger partial charge in [0.2, 0.25) is 0 Å². The van der Waals surface area contributed by atoms with E-state index >= 15 is 0 Å². The minimum Gasteiger partial charge on any atom is -0.465 e. The molecule has 2 aromatic heterocycles. The van der Waals surface area contributed by atoms with Crippen molar-refractivity contribution < 1.29 is 19.4 Å². The van der Waals surface area contributed by atoms with Crippen molar-refractivity contribution in [2.75, 3.05) is 61.2 Å². The number of hydrogen-bond donors (Lipinski definition) is 2. The number of fused-ring (bicyclic) bond motifs is 3. The summed E-state index contributed by atoms with van der Waals surface area (Å²) in [5.74, 6) is 2.78. The van der Waals surface area contributed by atoms with E-state index in [9.17, 15) is 4.79 Å². The quantitative estimate of drug-likeness (QED) is 0.788. The first kappa shape index (κ1) is 18.1. The SMILES string of the molecule is O=C(O)Nc1ccc(-c2nc(N3CCOCC3)c3c(n2)N2CCOC[C@H]2C3)cn1. The fourth-order valence-corrected chi connectivity index (χ4v) is 4.09. The lowest BCUT2D eigenvalue weighted by atomic mass is 10.1. The van der Waals surface area contributed by atoms with Crippen molar-refractivity contribution >= 4 is 23.5 Å². The number of carbonyl (C=O) groups is 1. The number of hydrogen-bond acceptors (Lipinski definition) is 8. The lowest BCUT2D eigenvalue weighted by molar-refractivity contribution is 0.0973. The van der Waals surface area contributed by atoms with Crippen molar-refractivity contribution in [3.63, 3.8) is 0 Å². The standard InChI is InChI=1S/C19H22N6O4/c26-19(27)21-15-2-1-12(10-20-15)16-22-17(24-3-6-28-7-4-24)14-9-13-11-29-8-5-25(13)18(14)23-16/h1-2,10,13H,3-9,11H2,(H,20,21)(H,26,27)/t13-/m1/s1. The van der Waals surface area contributed by atoms with E-state index in [0.29, 0.717) is 38.3 Å². The van der Waals surface area contributed by atoms with Crippen LogP contribution in [0.2, 0.25) is 0 Å². The molecule has 0 unspecified atom stereocenters. The van der Waals surface area contributed by atoms with E-state index in [1.807, 2.05) is 0 Å². The second-order valence-corrected chi connectivity index (χ2v) is 7.26. The number of anilines is 3. The Morgan fingerprint density at radius 2 is 1.90 bits per heavy atom. The number of aromatic nitrogens is 3. The van der Waals surface area contributed by atoms with Crippen LogP contribution in [0.15, 0.2) is 18.3 Å². The number of carboxylic acid groups (broad SMARTS) is 1. The molecule has 2 fully saturated rings. The topological polar surface area (TPSA) is 113 Å². The summed E-state index contributed by atoms with van der Waals surface area (Å²) in [6, 6.07) is 3.70. The fraction of sp³-hybridized carbons (Fsp3) is 0.474. The highest BCUT2D eigenvalue weighted by Crippen LogP contribution is 2.39. The summed E-state index contributed by atoms with van der Waals surface area (Å²) in [6.45, 7) is 5.16. The summed E-state index contributed by atoms with van der Waals surface area (Å²) in [5, 5.41) is 11.1. The van der Waals surface area contributed by atoms with Crippen LogP contribution in [-0.4, -0.2) is 78.3 Å². The molecule has 29 heavy (non-hydrogen) atoms. The summed E-state index contributed by atoms with van der Waals surface area (Å²) in [7, 11) is 0. The number of ether oxygens (including phenoxy) is 2. The summed E-state index contributed by atoms with van der Waals surface area (Å²) in [5.41, 5.74) is 1.92. The van der Waals surface area contributed by atoms with Crippen LogP contribution in [0.25, 0.3) is 11.4 Å². The molecule has 0 spiro atoms. The van der Waals surface area contributed by atoms with Gasteiger partial charge in [-0.1, -0.05) is 0 Å². The first-order valence-electron chi connectivity index (χ1n) is 9.73.